The van der Waals surface area contributed by atoms with E-state index in [9.17, 15) is 4.39 Å². The van der Waals surface area contributed by atoms with Gasteiger partial charge in [0, 0.05) is 6.20 Å². The van der Waals surface area contributed by atoms with Crippen LogP contribution in [-0.2, 0) is 0 Å². The normalized spacial score (nSPS) is 10.3. The summed E-state index contributed by atoms with van der Waals surface area (Å²) in [6.45, 7) is 0. The molecular formula is C12H5FN4OS. The summed E-state index contributed by atoms with van der Waals surface area (Å²) in [5, 5.41) is 12.8. The Morgan fingerprint density at radius 3 is 3.00 bits per heavy atom. The molecule has 0 amide bonds. The highest BCUT2D eigenvalue weighted by molar-refractivity contribution is 7.13. The Bertz CT molecular complexity index is 760. The van der Waals surface area contributed by atoms with E-state index < -0.39 is 5.82 Å². The molecule has 0 saturated carbocycles. The summed E-state index contributed by atoms with van der Waals surface area (Å²) in [6, 6.07) is 6.05. The fourth-order valence-corrected chi connectivity index (χ4v) is 2.12. The van der Waals surface area contributed by atoms with E-state index in [-0.39, 0.29) is 17.0 Å². The molecule has 3 rings (SSSR count). The lowest BCUT2D eigenvalue weighted by molar-refractivity contribution is 0.432. The van der Waals surface area contributed by atoms with E-state index in [4.69, 9.17) is 9.78 Å². The van der Waals surface area contributed by atoms with Crippen LogP contribution >= 0.6 is 11.3 Å². The van der Waals surface area contributed by atoms with Gasteiger partial charge >= 0.3 is 0 Å². The van der Waals surface area contributed by atoms with Crippen molar-refractivity contribution in [2.45, 2.75) is 0 Å². The van der Waals surface area contributed by atoms with E-state index in [0.29, 0.717) is 5.82 Å². The Balaban J connectivity index is 2.10. The lowest BCUT2D eigenvalue weighted by Gasteiger charge is -1.98. The van der Waals surface area contributed by atoms with Crippen LogP contribution in [0.5, 0.6) is 0 Å². The van der Waals surface area contributed by atoms with Gasteiger partial charge in [0.2, 0.25) is 5.82 Å². The molecule has 1 aromatic carbocycles. The molecule has 0 aliphatic carbocycles. The minimum atomic E-state index is -0.613. The Morgan fingerprint density at radius 2 is 2.26 bits per heavy atom. The number of nitrogens with zero attached hydrogens (tertiary/aromatic N) is 4. The first-order valence-electron chi connectivity index (χ1n) is 5.21. The van der Waals surface area contributed by atoms with Crippen LogP contribution in [0.15, 0.2) is 34.4 Å². The van der Waals surface area contributed by atoms with Gasteiger partial charge < -0.3 is 4.52 Å². The molecule has 2 heterocycles. The fraction of sp³-hybridized carbons (Fsp3) is 0. The average Bonchev–Trinajstić information content (AvgIpc) is 3.09. The van der Waals surface area contributed by atoms with Crippen molar-refractivity contribution >= 4 is 11.3 Å². The summed E-state index contributed by atoms with van der Waals surface area (Å²) < 4.78 is 18.6. The maximum Gasteiger partial charge on any atom is 0.259 e. The summed E-state index contributed by atoms with van der Waals surface area (Å²) >= 11 is 1.36. The van der Waals surface area contributed by atoms with Gasteiger partial charge in [-0.1, -0.05) is 11.2 Å². The third kappa shape index (κ3) is 1.98. The molecule has 0 bridgehead atoms. The first-order chi connectivity index (χ1) is 9.29. The lowest BCUT2D eigenvalue weighted by Crippen LogP contribution is -1.89. The van der Waals surface area contributed by atoms with Gasteiger partial charge in [-0.3, -0.25) is 4.98 Å². The number of thiazole rings is 1. The molecule has 0 atom stereocenters. The van der Waals surface area contributed by atoms with Crippen molar-refractivity contribution in [1.29, 1.82) is 5.26 Å². The molecule has 92 valence electrons. The zero-order valence-electron chi connectivity index (χ0n) is 9.37. The van der Waals surface area contributed by atoms with Crippen LogP contribution in [-0.4, -0.2) is 15.1 Å². The van der Waals surface area contributed by atoms with E-state index >= 15 is 0 Å². The zero-order valence-corrected chi connectivity index (χ0v) is 10.2. The Kier molecular flexibility index (Phi) is 2.78. The quantitative estimate of drug-likeness (QED) is 0.717. The highest BCUT2D eigenvalue weighted by Gasteiger charge is 2.17. The van der Waals surface area contributed by atoms with Crippen LogP contribution in [0, 0.1) is 17.1 Å². The fourth-order valence-electron chi connectivity index (χ4n) is 1.58. The monoisotopic (exact) mass is 272 g/mol. The number of hydrogen-bond donors (Lipinski definition) is 0. The predicted octanol–water partition coefficient (Wildman–Crippen LogP) is 2.87. The van der Waals surface area contributed by atoms with Crippen LogP contribution in [0.3, 0.4) is 0 Å². The molecule has 0 radical (unpaired) electrons. The molecule has 0 unspecified atom stereocenters. The van der Waals surface area contributed by atoms with Gasteiger partial charge in [-0.25, -0.2) is 4.39 Å². The number of halogens is 1. The van der Waals surface area contributed by atoms with E-state index in [1.165, 1.54) is 23.5 Å². The highest BCUT2D eigenvalue weighted by Crippen LogP contribution is 2.27. The largest absolute Gasteiger partial charge is 0.334 e. The van der Waals surface area contributed by atoms with Crippen molar-refractivity contribution < 1.29 is 8.91 Å². The Morgan fingerprint density at radius 1 is 1.37 bits per heavy atom. The number of nitriles is 1. The van der Waals surface area contributed by atoms with Crippen LogP contribution in [0.1, 0.15) is 5.56 Å². The van der Waals surface area contributed by atoms with Gasteiger partial charge in [-0.2, -0.15) is 10.2 Å². The second kappa shape index (κ2) is 4.59. The first-order valence-corrected chi connectivity index (χ1v) is 6.09. The summed E-state index contributed by atoms with van der Waals surface area (Å²) in [7, 11) is 0. The van der Waals surface area contributed by atoms with Crippen LogP contribution < -0.4 is 0 Å². The maximum atomic E-state index is 13.5. The Labute approximate surface area is 111 Å². The molecule has 0 saturated heterocycles. The number of hydrogen-bond acceptors (Lipinski definition) is 6. The SMILES string of the molecule is N#Cc1c(F)cccc1-c1nc(-c2cncs2)no1. The van der Waals surface area contributed by atoms with E-state index in [1.54, 1.807) is 23.8 Å². The van der Waals surface area contributed by atoms with E-state index in [0.717, 1.165) is 4.88 Å². The molecule has 0 aliphatic heterocycles. The van der Waals surface area contributed by atoms with Gasteiger partial charge in [0.05, 0.1) is 16.0 Å². The summed E-state index contributed by atoms with van der Waals surface area (Å²) in [4.78, 5) is 8.80. The minimum Gasteiger partial charge on any atom is -0.334 e. The molecule has 19 heavy (non-hydrogen) atoms. The second-order valence-corrected chi connectivity index (χ2v) is 4.45. The maximum absolute atomic E-state index is 13.5. The van der Waals surface area contributed by atoms with Crippen LogP contribution in [0.2, 0.25) is 0 Å². The standard InChI is InChI=1S/C12H5FN4OS/c13-9-3-1-2-7(8(9)4-14)12-16-11(17-18-12)10-5-15-6-19-10/h1-3,5-6H. The van der Waals surface area contributed by atoms with Gasteiger partial charge in [-0.05, 0) is 12.1 Å². The third-order valence-electron chi connectivity index (χ3n) is 2.43. The third-order valence-corrected chi connectivity index (χ3v) is 3.20. The minimum absolute atomic E-state index is 0.109. The van der Waals surface area contributed by atoms with E-state index in [1.807, 2.05) is 0 Å². The molecule has 0 fully saturated rings. The summed E-state index contributed by atoms with van der Waals surface area (Å²) in [5.41, 5.74) is 1.82. The highest BCUT2D eigenvalue weighted by atomic mass is 32.1. The molecule has 5 nitrogen and oxygen atoms in total. The molecule has 7 heteroatoms. The number of benzene rings is 1. The molecule has 0 N–H and O–H groups in total. The summed E-state index contributed by atoms with van der Waals surface area (Å²) in [6.07, 6.45) is 1.61. The molecule has 2 aromatic heterocycles. The smallest absolute Gasteiger partial charge is 0.259 e. The van der Waals surface area contributed by atoms with Crippen molar-refractivity contribution in [2.75, 3.05) is 0 Å². The van der Waals surface area contributed by atoms with Gasteiger partial charge in [0.15, 0.2) is 0 Å². The van der Waals surface area contributed by atoms with Gasteiger partial charge in [-0.15, -0.1) is 11.3 Å². The zero-order chi connectivity index (χ0) is 13.2. The van der Waals surface area contributed by atoms with Crippen LogP contribution in [0.25, 0.3) is 22.2 Å². The van der Waals surface area contributed by atoms with Crippen molar-refractivity contribution in [3.63, 3.8) is 0 Å². The Hall–Kier alpha value is -2.59. The average molecular weight is 272 g/mol. The van der Waals surface area contributed by atoms with Crippen LogP contribution in [0.4, 0.5) is 4.39 Å². The van der Waals surface area contributed by atoms with Crippen molar-refractivity contribution in [3.05, 3.63) is 41.3 Å². The lowest BCUT2D eigenvalue weighted by atomic mass is 10.1. The van der Waals surface area contributed by atoms with Crippen molar-refractivity contribution in [1.82, 2.24) is 15.1 Å². The molecular weight excluding hydrogens is 267 g/mol. The topological polar surface area (TPSA) is 75.6 Å². The second-order valence-electron chi connectivity index (χ2n) is 3.56. The van der Waals surface area contributed by atoms with Gasteiger partial charge in [0.1, 0.15) is 17.4 Å². The van der Waals surface area contributed by atoms with Crippen molar-refractivity contribution in [2.24, 2.45) is 0 Å². The number of aromatic nitrogens is 3. The number of rotatable bonds is 2. The molecule has 3 aromatic rings. The first kappa shape index (κ1) is 11.5. The molecule has 0 spiro atoms. The van der Waals surface area contributed by atoms with Gasteiger partial charge in [0.25, 0.3) is 5.89 Å². The predicted molar refractivity (Wildman–Crippen MR) is 65.5 cm³/mol. The van der Waals surface area contributed by atoms with E-state index in [2.05, 4.69) is 15.1 Å². The summed E-state index contributed by atoms with van der Waals surface area (Å²) in [5.74, 6) is -0.136. The van der Waals surface area contributed by atoms with Crippen molar-refractivity contribution in [3.8, 4) is 28.2 Å². The molecule has 0 aliphatic rings.